The highest BCUT2D eigenvalue weighted by atomic mass is 16.6. The molecule has 1 saturated carbocycles. The highest BCUT2D eigenvalue weighted by Gasteiger charge is 2.61. The molecule has 4 atom stereocenters. The maximum absolute atomic E-state index is 12.2. The molecule has 1 unspecified atom stereocenters. The lowest BCUT2D eigenvalue weighted by atomic mass is 9.69. The molecule has 182 valence electrons. The van der Waals surface area contributed by atoms with Crippen molar-refractivity contribution < 1.29 is 33.6 Å². The van der Waals surface area contributed by atoms with Crippen molar-refractivity contribution in [3.63, 3.8) is 0 Å². The Morgan fingerprint density at radius 2 is 2.09 bits per heavy atom. The van der Waals surface area contributed by atoms with Gasteiger partial charge in [0.2, 0.25) is 0 Å². The normalized spacial score (nSPS) is 28.2. The monoisotopic (exact) mass is 462 g/mol. The van der Waals surface area contributed by atoms with E-state index in [2.05, 4.69) is 17.1 Å². The highest BCUT2D eigenvalue weighted by molar-refractivity contribution is 5.78. The van der Waals surface area contributed by atoms with Gasteiger partial charge in [-0.1, -0.05) is 13.0 Å². The molecule has 4 rings (SSSR count). The van der Waals surface area contributed by atoms with Gasteiger partial charge in [0.05, 0.1) is 13.2 Å². The average Bonchev–Trinajstić information content (AvgIpc) is 3.10. The number of methoxy groups -OCH3 is 1. The molecular formula is C24H34N2O7. The lowest BCUT2D eigenvalue weighted by Crippen LogP contribution is -2.40. The van der Waals surface area contributed by atoms with Crippen molar-refractivity contribution in [3.8, 4) is 11.5 Å². The van der Waals surface area contributed by atoms with Gasteiger partial charge in [-0.15, -0.1) is 0 Å². The largest absolute Gasteiger partial charge is 0.493 e. The van der Waals surface area contributed by atoms with Crippen LogP contribution in [0.2, 0.25) is 0 Å². The fourth-order valence-electron chi connectivity index (χ4n) is 5.44. The first kappa shape index (κ1) is 23.6. The molecule has 1 aromatic rings. The second-order valence-electron chi connectivity index (χ2n) is 10.2. The third kappa shape index (κ3) is 4.36. The average molecular weight is 463 g/mol. The Labute approximate surface area is 194 Å². The van der Waals surface area contributed by atoms with Crippen molar-refractivity contribution in [2.75, 3.05) is 26.9 Å². The van der Waals surface area contributed by atoms with Crippen molar-refractivity contribution in [3.05, 3.63) is 23.3 Å². The first-order valence-corrected chi connectivity index (χ1v) is 11.4. The summed E-state index contributed by atoms with van der Waals surface area (Å²) in [6.07, 6.45) is 0.174. The van der Waals surface area contributed by atoms with Gasteiger partial charge in [-0.3, -0.25) is 9.69 Å². The van der Waals surface area contributed by atoms with Crippen LogP contribution >= 0.6 is 0 Å². The highest BCUT2D eigenvalue weighted by Crippen LogP contribution is 2.60. The molecule has 2 N–H and O–H groups in total. The van der Waals surface area contributed by atoms with Crippen LogP contribution < -0.4 is 14.8 Å². The number of nitrogens with one attached hydrogen (secondary N) is 1. The van der Waals surface area contributed by atoms with E-state index in [1.165, 1.54) is 0 Å². The zero-order valence-corrected chi connectivity index (χ0v) is 20.0. The predicted octanol–water partition coefficient (Wildman–Crippen LogP) is 2.33. The zero-order chi connectivity index (χ0) is 24.0. The van der Waals surface area contributed by atoms with Crippen LogP contribution in [0.15, 0.2) is 12.1 Å². The van der Waals surface area contributed by atoms with Gasteiger partial charge in [0.15, 0.2) is 11.5 Å². The Hall–Kier alpha value is -2.52. The van der Waals surface area contributed by atoms with Crippen LogP contribution in [0.25, 0.3) is 0 Å². The van der Waals surface area contributed by atoms with E-state index >= 15 is 0 Å². The van der Waals surface area contributed by atoms with Crippen molar-refractivity contribution >= 4 is 12.1 Å². The number of alkyl carbamates (subject to hydrolysis) is 1. The minimum atomic E-state index is -0.659. The Morgan fingerprint density at radius 3 is 2.79 bits per heavy atom. The summed E-state index contributed by atoms with van der Waals surface area (Å²) in [7, 11) is 1.63. The first-order valence-electron chi connectivity index (χ1n) is 11.4. The molecular weight excluding hydrogens is 428 g/mol. The minimum absolute atomic E-state index is 0.0372. The van der Waals surface area contributed by atoms with Gasteiger partial charge in [-0.25, -0.2) is 4.79 Å². The minimum Gasteiger partial charge on any atom is -0.493 e. The Balaban J connectivity index is 1.44. The van der Waals surface area contributed by atoms with E-state index in [9.17, 15) is 14.7 Å². The number of nitrogens with zero attached hydrogens (tertiary/aromatic N) is 1. The van der Waals surface area contributed by atoms with Crippen LogP contribution in [-0.2, 0) is 26.2 Å². The topological polar surface area (TPSA) is 107 Å². The Morgan fingerprint density at radius 1 is 1.33 bits per heavy atom. The van der Waals surface area contributed by atoms with E-state index < -0.39 is 23.8 Å². The van der Waals surface area contributed by atoms with Crippen LogP contribution in [0.5, 0.6) is 11.5 Å². The van der Waals surface area contributed by atoms with Crippen LogP contribution in [-0.4, -0.2) is 66.8 Å². The summed E-state index contributed by atoms with van der Waals surface area (Å²) in [5, 5.41) is 13.1. The first-order chi connectivity index (χ1) is 15.5. The molecule has 9 nitrogen and oxygen atoms in total. The van der Waals surface area contributed by atoms with Crippen molar-refractivity contribution in [1.29, 1.82) is 0 Å². The van der Waals surface area contributed by atoms with Crippen LogP contribution in [0.1, 0.15) is 51.7 Å². The summed E-state index contributed by atoms with van der Waals surface area (Å²) < 4.78 is 22.5. The number of esters is 1. The van der Waals surface area contributed by atoms with Crippen molar-refractivity contribution in [1.82, 2.24) is 10.2 Å². The summed E-state index contributed by atoms with van der Waals surface area (Å²) in [6.45, 7) is 8.46. The number of carbonyl (C=O) groups excluding carboxylic acids is 2. The standard InChI is InChI=1S/C24H34N2O7/c1-14-16(27)10-18-24(14)8-9-26(12-15-6-7-17(30-5)21(32-18)20(15)24)13-31-19(28)11-25-22(29)33-23(2,3)4/h6-7,14,16,18,27H,8-13H2,1-5H3,(H,25,29)/t14?,16-,18+,24-/m1/s1. The van der Waals surface area contributed by atoms with Gasteiger partial charge in [-0.2, -0.15) is 0 Å². The number of carbonyl (C=O) groups is 2. The van der Waals surface area contributed by atoms with E-state index in [-0.39, 0.29) is 30.7 Å². The number of hydrogen-bond acceptors (Lipinski definition) is 8. The van der Waals surface area contributed by atoms with Crippen molar-refractivity contribution in [2.24, 2.45) is 5.92 Å². The van der Waals surface area contributed by atoms with Gasteiger partial charge in [0.1, 0.15) is 25.0 Å². The molecule has 0 bridgehead atoms. The third-order valence-corrected chi connectivity index (χ3v) is 6.99. The van der Waals surface area contributed by atoms with Crippen LogP contribution in [0.3, 0.4) is 0 Å². The quantitative estimate of drug-likeness (QED) is 0.642. The number of aliphatic hydroxyl groups is 1. The maximum Gasteiger partial charge on any atom is 0.408 e. The number of ether oxygens (including phenoxy) is 4. The SMILES string of the molecule is COc1ccc2c3c1O[C@H]1C[C@@H](O)C(C)[C@@]31CCN(COC(=O)CNC(=O)OC(C)(C)C)C2. The lowest BCUT2D eigenvalue weighted by molar-refractivity contribution is -0.147. The second kappa shape index (κ2) is 8.68. The molecule has 1 aromatic carbocycles. The Kier molecular flexibility index (Phi) is 6.22. The second-order valence-corrected chi connectivity index (χ2v) is 10.2. The van der Waals surface area contributed by atoms with E-state index in [4.69, 9.17) is 18.9 Å². The lowest BCUT2D eigenvalue weighted by Gasteiger charge is -2.33. The molecule has 3 aliphatic rings. The van der Waals surface area contributed by atoms with E-state index in [1.807, 2.05) is 12.1 Å². The summed E-state index contributed by atoms with van der Waals surface area (Å²) in [4.78, 5) is 26.0. The molecule has 0 aromatic heterocycles. The number of benzene rings is 1. The van der Waals surface area contributed by atoms with Gasteiger partial charge < -0.3 is 29.4 Å². The summed E-state index contributed by atoms with van der Waals surface area (Å²) in [5.74, 6) is 0.986. The van der Waals surface area contributed by atoms with Gasteiger partial charge in [-0.05, 0) is 44.7 Å². The molecule has 1 spiro atoms. The fourth-order valence-corrected chi connectivity index (χ4v) is 5.44. The third-order valence-electron chi connectivity index (χ3n) is 6.99. The summed E-state index contributed by atoms with van der Waals surface area (Å²) in [5.41, 5.74) is 1.28. The zero-order valence-electron chi connectivity index (χ0n) is 20.0. The molecule has 1 fully saturated rings. The van der Waals surface area contributed by atoms with E-state index in [0.29, 0.717) is 25.3 Å². The van der Waals surface area contributed by atoms with Crippen LogP contribution in [0, 0.1) is 5.92 Å². The van der Waals surface area contributed by atoms with Gasteiger partial charge in [0.25, 0.3) is 0 Å². The van der Waals surface area contributed by atoms with E-state index in [0.717, 1.165) is 23.3 Å². The molecule has 0 saturated heterocycles. The molecule has 9 heteroatoms. The van der Waals surface area contributed by atoms with Gasteiger partial charge in [0, 0.05) is 30.5 Å². The number of amides is 1. The van der Waals surface area contributed by atoms with Crippen molar-refractivity contribution in [2.45, 2.75) is 70.3 Å². The number of rotatable bonds is 5. The van der Waals surface area contributed by atoms with Crippen LogP contribution in [0.4, 0.5) is 4.79 Å². The number of aliphatic hydroxyl groups excluding tert-OH is 1. The number of hydrogen-bond donors (Lipinski definition) is 2. The summed E-state index contributed by atoms with van der Waals surface area (Å²) in [6, 6.07) is 3.94. The smallest absolute Gasteiger partial charge is 0.408 e. The fraction of sp³-hybridized carbons (Fsp3) is 0.667. The molecule has 2 aliphatic heterocycles. The molecule has 2 heterocycles. The molecule has 1 aliphatic carbocycles. The van der Waals surface area contributed by atoms with E-state index in [1.54, 1.807) is 27.9 Å². The Bertz CT molecular complexity index is 928. The molecule has 1 amide bonds. The summed E-state index contributed by atoms with van der Waals surface area (Å²) >= 11 is 0. The maximum atomic E-state index is 12.2. The molecule has 33 heavy (non-hydrogen) atoms. The predicted molar refractivity (Wildman–Crippen MR) is 119 cm³/mol. The van der Waals surface area contributed by atoms with Gasteiger partial charge >= 0.3 is 12.1 Å². The molecule has 0 radical (unpaired) electrons.